The van der Waals surface area contributed by atoms with Crippen LogP contribution in [-0.2, 0) is 4.79 Å². The zero-order valence-electron chi connectivity index (χ0n) is 16.2. The monoisotopic (exact) mass is 468 g/mol. The van der Waals surface area contributed by atoms with E-state index >= 15 is 0 Å². The van der Waals surface area contributed by atoms with Gasteiger partial charge in [0.2, 0.25) is 0 Å². The molecule has 4 rings (SSSR count). The van der Waals surface area contributed by atoms with Crippen molar-refractivity contribution in [2.45, 2.75) is 4.90 Å². The Labute approximate surface area is 192 Å². The molecule has 2 heterocycles. The maximum Gasteiger partial charge on any atom is 0.337 e. The van der Waals surface area contributed by atoms with E-state index in [9.17, 15) is 14.7 Å². The van der Waals surface area contributed by atoms with Crippen LogP contribution in [0.2, 0.25) is 0 Å². The van der Waals surface area contributed by atoms with Crippen molar-refractivity contribution in [3.8, 4) is 11.3 Å². The molecular weight excluding hydrogens is 452 g/mol. The molecule has 1 aromatic heterocycles. The van der Waals surface area contributed by atoms with E-state index in [1.54, 1.807) is 42.1 Å². The number of aromatic carboxylic acids is 1. The quantitative estimate of drug-likeness (QED) is 0.275. The number of hydrogen-bond acceptors (Lipinski definition) is 7. The van der Waals surface area contributed by atoms with Crippen LogP contribution in [0.25, 0.3) is 17.4 Å². The summed E-state index contributed by atoms with van der Waals surface area (Å²) in [6.45, 7) is 0. The molecule has 0 unspecified atom stereocenters. The van der Waals surface area contributed by atoms with Crippen LogP contribution in [0.15, 0.2) is 74.9 Å². The smallest absolute Gasteiger partial charge is 0.337 e. The van der Waals surface area contributed by atoms with Crippen LogP contribution in [0.1, 0.15) is 16.1 Å². The zero-order valence-corrected chi connectivity index (χ0v) is 18.6. The molecule has 3 aromatic rings. The van der Waals surface area contributed by atoms with Crippen molar-refractivity contribution in [3.05, 3.63) is 76.9 Å². The number of hydrazine groups is 1. The Kier molecular flexibility index (Phi) is 6.17. The molecular formula is C22H16N2O4S3. The van der Waals surface area contributed by atoms with Crippen molar-refractivity contribution in [3.63, 3.8) is 0 Å². The maximum atomic E-state index is 12.8. The number of benzene rings is 2. The second kappa shape index (κ2) is 9.01. The molecule has 9 heteroatoms. The van der Waals surface area contributed by atoms with E-state index in [-0.39, 0.29) is 21.5 Å². The first kappa shape index (κ1) is 21.2. The summed E-state index contributed by atoms with van der Waals surface area (Å²) in [5, 5.41) is 10.5. The van der Waals surface area contributed by atoms with Gasteiger partial charge >= 0.3 is 5.97 Å². The van der Waals surface area contributed by atoms with Gasteiger partial charge in [0.1, 0.15) is 11.5 Å². The molecule has 1 aliphatic rings. The Balaban J connectivity index is 1.54. The van der Waals surface area contributed by atoms with Crippen LogP contribution in [-0.4, -0.2) is 32.6 Å². The number of carbonyl (C=O) groups excluding carboxylic acids is 1. The zero-order chi connectivity index (χ0) is 22.0. The van der Waals surface area contributed by atoms with Crippen LogP contribution in [0.4, 0.5) is 5.69 Å². The summed E-state index contributed by atoms with van der Waals surface area (Å²) in [5.41, 5.74) is 4.08. The lowest BCUT2D eigenvalue weighted by Gasteiger charge is -2.18. The Morgan fingerprint density at radius 1 is 1.16 bits per heavy atom. The van der Waals surface area contributed by atoms with Gasteiger partial charge in [-0.05, 0) is 54.9 Å². The molecule has 0 bridgehead atoms. The summed E-state index contributed by atoms with van der Waals surface area (Å²) in [5.74, 6) is -0.256. The molecule has 0 atom stereocenters. The fourth-order valence-electron chi connectivity index (χ4n) is 2.92. The first-order chi connectivity index (χ1) is 15.0. The minimum atomic E-state index is -1.10. The van der Waals surface area contributed by atoms with Crippen LogP contribution < -0.4 is 5.43 Å². The van der Waals surface area contributed by atoms with Crippen LogP contribution >= 0.6 is 35.7 Å². The summed E-state index contributed by atoms with van der Waals surface area (Å²) >= 11 is 8.09. The highest BCUT2D eigenvalue weighted by atomic mass is 32.2. The molecule has 0 spiro atoms. The van der Waals surface area contributed by atoms with E-state index in [1.165, 1.54) is 11.1 Å². The molecule has 1 aliphatic heterocycles. The van der Waals surface area contributed by atoms with E-state index in [0.29, 0.717) is 16.4 Å². The average Bonchev–Trinajstić information content (AvgIpc) is 3.34. The average molecular weight is 469 g/mol. The normalized spacial score (nSPS) is 15.0. The highest BCUT2D eigenvalue weighted by Gasteiger charge is 2.33. The molecule has 0 saturated carbocycles. The number of thioether (sulfide) groups is 2. The number of carbonyl (C=O) groups is 2. The number of hydrogen-bond donors (Lipinski definition) is 2. The van der Waals surface area contributed by atoms with Crippen molar-refractivity contribution in [2.24, 2.45) is 0 Å². The van der Waals surface area contributed by atoms with Gasteiger partial charge in [0.05, 0.1) is 16.2 Å². The van der Waals surface area contributed by atoms with Gasteiger partial charge in [-0.15, -0.1) is 11.8 Å². The Hall–Kier alpha value is -3.01. The third-order valence-electron chi connectivity index (χ3n) is 4.46. The number of amides is 1. The van der Waals surface area contributed by atoms with Gasteiger partial charge in [-0.3, -0.25) is 10.2 Å². The number of carboxylic acid groups (broad SMARTS) is 1. The summed E-state index contributed by atoms with van der Waals surface area (Å²) in [6, 6.07) is 18.0. The minimum absolute atomic E-state index is 0.0451. The minimum Gasteiger partial charge on any atom is -0.478 e. The molecule has 2 aromatic carbocycles. The number of para-hydroxylation sites is 1. The molecule has 1 fully saturated rings. The van der Waals surface area contributed by atoms with Crippen LogP contribution in [0, 0.1) is 0 Å². The SMILES string of the molecule is CSc1ccc(-c2ccc(/C=C3/SC(=S)N(Nc4ccccc4C(=O)O)C3=O)o2)cc1. The molecule has 6 nitrogen and oxygen atoms in total. The van der Waals surface area contributed by atoms with E-state index in [0.717, 1.165) is 22.2 Å². The summed E-state index contributed by atoms with van der Waals surface area (Å²) < 4.78 is 6.16. The third kappa shape index (κ3) is 4.53. The molecule has 2 N–H and O–H groups in total. The lowest BCUT2D eigenvalue weighted by molar-refractivity contribution is -0.121. The second-order valence-corrected chi connectivity index (χ2v) is 8.97. The van der Waals surface area contributed by atoms with E-state index in [1.807, 2.05) is 36.6 Å². The number of nitrogens with one attached hydrogen (secondary N) is 1. The predicted octanol–water partition coefficient (Wildman–Crippen LogP) is 5.60. The standard InChI is InChI=1S/C22H16N2O4S3/c1-30-15-9-6-13(7-10-15)18-11-8-14(28-18)12-19-20(25)24(22(29)31-19)23-17-5-3-2-4-16(17)21(26)27/h2-12,23H,1H3,(H,26,27)/b19-12+. The van der Waals surface area contributed by atoms with Gasteiger partial charge in [-0.1, -0.05) is 36.0 Å². The lowest BCUT2D eigenvalue weighted by atomic mass is 10.2. The lowest BCUT2D eigenvalue weighted by Crippen LogP contribution is -2.34. The molecule has 31 heavy (non-hydrogen) atoms. The van der Waals surface area contributed by atoms with Gasteiger partial charge in [0, 0.05) is 16.5 Å². The van der Waals surface area contributed by atoms with Crippen molar-refractivity contribution >= 4 is 63.7 Å². The largest absolute Gasteiger partial charge is 0.478 e. The van der Waals surface area contributed by atoms with Gasteiger partial charge in [0.25, 0.3) is 5.91 Å². The van der Waals surface area contributed by atoms with Crippen molar-refractivity contribution < 1.29 is 19.1 Å². The van der Waals surface area contributed by atoms with E-state index in [2.05, 4.69) is 5.43 Å². The van der Waals surface area contributed by atoms with Crippen molar-refractivity contribution in [1.29, 1.82) is 0 Å². The van der Waals surface area contributed by atoms with E-state index < -0.39 is 5.97 Å². The number of rotatable bonds is 6. The molecule has 0 radical (unpaired) electrons. The molecule has 1 saturated heterocycles. The summed E-state index contributed by atoms with van der Waals surface area (Å²) in [7, 11) is 0. The van der Waals surface area contributed by atoms with E-state index in [4.69, 9.17) is 16.6 Å². The Morgan fingerprint density at radius 2 is 1.90 bits per heavy atom. The highest BCUT2D eigenvalue weighted by molar-refractivity contribution is 8.26. The van der Waals surface area contributed by atoms with Gasteiger partial charge < -0.3 is 9.52 Å². The number of nitrogens with zero attached hydrogens (tertiary/aromatic N) is 1. The topological polar surface area (TPSA) is 82.8 Å². The van der Waals surface area contributed by atoms with Gasteiger partial charge in [-0.2, -0.15) is 0 Å². The second-order valence-electron chi connectivity index (χ2n) is 6.41. The van der Waals surface area contributed by atoms with Crippen molar-refractivity contribution in [2.75, 3.05) is 11.7 Å². The summed E-state index contributed by atoms with van der Waals surface area (Å²) in [4.78, 5) is 25.8. The third-order valence-corrected chi connectivity index (χ3v) is 6.50. The summed E-state index contributed by atoms with van der Waals surface area (Å²) in [6.07, 6.45) is 3.65. The highest BCUT2D eigenvalue weighted by Crippen LogP contribution is 2.34. The first-order valence-corrected chi connectivity index (χ1v) is 11.5. The van der Waals surface area contributed by atoms with Gasteiger partial charge in [0.15, 0.2) is 4.32 Å². The van der Waals surface area contributed by atoms with Crippen molar-refractivity contribution in [1.82, 2.24) is 5.01 Å². The maximum absolute atomic E-state index is 12.8. The molecule has 0 aliphatic carbocycles. The fourth-order valence-corrected chi connectivity index (χ4v) is 4.49. The number of thiocarbonyl (C=S) groups is 1. The first-order valence-electron chi connectivity index (χ1n) is 9.07. The number of carboxylic acids is 1. The fraction of sp³-hybridized carbons (Fsp3) is 0.0455. The predicted molar refractivity (Wildman–Crippen MR) is 128 cm³/mol. The number of anilines is 1. The Morgan fingerprint density at radius 3 is 2.61 bits per heavy atom. The number of furan rings is 1. The van der Waals surface area contributed by atoms with Crippen LogP contribution in [0.5, 0.6) is 0 Å². The van der Waals surface area contributed by atoms with Crippen LogP contribution in [0.3, 0.4) is 0 Å². The Bertz CT molecular complexity index is 1200. The van der Waals surface area contributed by atoms with Gasteiger partial charge in [-0.25, -0.2) is 9.80 Å². The molecule has 156 valence electrons. The molecule has 1 amide bonds.